The molecule has 4 rings (SSSR count). The summed E-state index contributed by atoms with van der Waals surface area (Å²) >= 11 is 0. The van der Waals surface area contributed by atoms with Gasteiger partial charge >= 0.3 is 17.9 Å². The number of carbonyl (C=O) groups excluding carboxylic acids is 3. The first-order valence-corrected chi connectivity index (χ1v) is 6.22. The van der Waals surface area contributed by atoms with Gasteiger partial charge in [0.1, 0.15) is 5.41 Å². The molecule has 0 spiro atoms. The average molecular weight is 250 g/mol. The summed E-state index contributed by atoms with van der Waals surface area (Å²) in [5, 5.41) is 0. The molecule has 2 bridgehead atoms. The van der Waals surface area contributed by atoms with Crippen LogP contribution >= 0.6 is 0 Å². The van der Waals surface area contributed by atoms with Gasteiger partial charge in [-0.2, -0.15) is 0 Å². The number of fused-ring (bicyclic) bond motifs is 1. The maximum Gasteiger partial charge on any atom is 0.318 e. The fraction of sp³-hybridized carbons (Fsp3) is 0.615. The second-order valence-corrected chi connectivity index (χ2v) is 5.07. The van der Waals surface area contributed by atoms with Crippen LogP contribution in [0.3, 0.4) is 0 Å². The highest BCUT2D eigenvalue weighted by Gasteiger charge is 2.65. The zero-order chi connectivity index (χ0) is 12.9. The topological polar surface area (TPSA) is 69.7 Å². The Morgan fingerprint density at radius 3 is 2.89 bits per heavy atom. The average Bonchev–Trinajstić information content (AvgIpc) is 2.69. The van der Waals surface area contributed by atoms with Crippen molar-refractivity contribution in [3.8, 4) is 0 Å². The molecule has 0 N–H and O–H groups in total. The fourth-order valence-electron chi connectivity index (χ4n) is 3.47. The second-order valence-electron chi connectivity index (χ2n) is 5.07. The number of carbonyl (C=O) groups is 3. The molecule has 0 radical (unpaired) electrons. The van der Waals surface area contributed by atoms with Gasteiger partial charge in [-0.15, -0.1) is 0 Å². The molecule has 3 aliphatic carbocycles. The van der Waals surface area contributed by atoms with E-state index in [1.165, 1.54) is 0 Å². The Balaban J connectivity index is 2.05. The van der Waals surface area contributed by atoms with Crippen molar-refractivity contribution >= 4 is 17.9 Å². The molecule has 1 saturated carbocycles. The monoisotopic (exact) mass is 250 g/mol. The molecule has 1 saturated heterocycles. The van der Waals surface area contributed by atoms with E-state index in [2.05, 4.69) is 0 Å². The lowest BCUT2D eigenvalue weighted by Gasteiger charge is -2.45. The molecule has 2 fully saturated rings. The molecule has 1 heterocycles. The number of cyclic esters (lactones) is 2. The van der Waals surface area contributed by atoms with Crippen molar-refractivity contribution in [1.82, 2.24) is 0 Å². The molecule has 1 aliphatic heterocycles. The zero-order valence-electron chi connectivity index (χ0n) is 10.0. The SMILES string of the molecule is CCOC(=O)[C@@]12C=C[C@H](CC1)[C@H]1C(=O)OC(=O)[C@@H]12. The summed E-state index contributed by atoms with van der Waals surface area (Å²) < 4.78 is 9.80. The van der Waals surface area contributed by atoms with Crippen molar-refractivity contribution in [1.29, 1.82) is 0 Å². The lowest BCUT2D eigenvalue weighted by molar-refractivity contribution is -0.165. The molecule has 18 heavy (non-hydrogen) atoms. The first kappa shape index (κ1) is 11.4. The van der Waals surface area contributed by atoms with Gasteiger partial charge in [-0.3, -0.25) is 14.4 Å². The lowest BCUT2D eigenvalue weighted by Crippen LogP contribution is -2.51. The standard InChI is InChI=1S/C13H14O5/c1-2-17-12(16)13-5-3-7(4-6-13)8-9(13)11(15)18-10(8)14/h3,5,7-9H,2,4,6H2,1H3/t7-,8-,9-,13+/m1/s1. The summed E-state index contributed by atoms with van der Waals surface area (Å²) in [7, 11) is 0. The molecule has 4 aliphatic rings. The summed E-state index contributed by atoms with van der Waals surface area (Å²) in [4.78, 5) is 35.7. The van der Waals surface area contributed by atoms with E-state index in [1.807, 2.05) is 6.08 Å². The Kier molecular flexibility index (Phi) is 2.33. The molecule has 0 amide bonds. The van der Waals surface area contributed by atoms with E-state index < -0.39 is 35.2 Å². The van der Waals surface area contributed by atoms with Crippen molar-refractivity contribution in [3.63, 3.8) is 0 Å². The number of allylic oxidation sites excluding steroid dienone is 1. The third-order valence-corrected chi connectivity index (χ3v) is 4.29. The number of hydrogen-bond donors (Lipinski definition) is 0. The molecular formula is C13H14O5. The van der Waals surface area contributed by atoms with Gasteiger partial charge in [0.05, 0.1) is 18.4 Å². The van der Waals surface area contributed by atoms with Crippen molar-refractivity contribution < 1.29 is 23.9 Å². The number of esters is 3. The molecule has 96 valence electrons. The van der Waals surface area contributed by atoms with E-state index in [9.17, 15) is 14.4 Å². The predicted octanol–water partition coefficient (Wildman–Crippen LogP) is 0.831. The first-order valence-electron chi connectivity index (χ1n) is 6.22. The van der Waals surface area contributed by atoms with Gasteiger partial charge in [0.25, 0.3) is 0 Å². The van der Waals surface area contributed by atoms with Crippen molar-refractivity contribution in [2.24, 2.45) is 23.2 Å². The van der Waals surface area contributed by atoms with Gasteiger partial charge in [0, 0.05) is 0 Å². The van der Waals surface area contributed by atoms with E-state index in [0.29, 0.717) is 6.42 Å². The van der Waals surface area contributed by atoms with Crippen LogP contribution < -0.4 is 0 Å². The summed E-state index contributed by atoms with van der Waals surface area (Å²) in [6.45, 7) is 1.99. The number of rotatable bonds is 2. The largest absolute Gasteiger partial charge is 0.465 e. The Bertz CT molecular complexity index is 466. The normalized spacial score (nSPS) is 40.6. The molecule has 5 heteroatoms. The number of ether oxygens (including phenoxy) is 2. The van der Waals surface area contributed by atoms with Crippen LogP contribution in [-0.2, 0) is 23.9 Å². The first-order chi connectivity index (χ1) is 8.60. The van der Waals surface area contributed by atoms with Crippen LogP contribution in [-0.4, -0.2) is 24.5 Å². The summed E-state index contributed by atoms with van der Waals surface area (Å²) in [5.74, 6) is -2.65. The van der Waals surface area contributed by atoms with E-state index in [4.69, 9.17) is 9.47 Å². The van der Waals surface area contributed by atoms with Gasteiger partial charge in [0.15, 0.2) is 0 Å². The molecule has 5 nitrogen and oxygen atoms in total. The van der Waals surface area contributed by atoms with Crippen LogP contribution in [0.1, 0.15) is 19.8 Å². The molecule has 0 unspecified atom stereocenters. The van der Waals surface area contributed by atoms with Crippen LogP contribution in [0.4, 0.5) is 0 Å². The summed E-state index contributed by atoms with van der Waals surface area (Å²) in [6, 6.07) is 0. The van der Waals surface area contributed by atoms with Crippen molar-refractivity contribution in [3.05, 3.63) is 12.2 Å². The minimum absolute atomic E-state index is 0.0188. The van der Waals surface area contributed by atoms with Crippen LogP contribution in [0.15, 0.2) is 12.2 Å². The predicted molar refractivity (Wildman–Crippen MR) is 59.0 cm³/mol. The number of hydrogen-bond acceptors (Lipinski definition) is 5. The zero-order valence-corrected chi connectivity index (χ0v) is 10.0. The quantitative estimate of drug-likeness (QED) is 0.412. The Morgan fingerprint density at radius 2 is 2.28 bits per heavy atom. The van der Waals surface area contributed by atoms with Gasteiger partial charge in [-0.1, -0.05) is 12.2 Å². The Labute approximate surface area is 104 Å². The highest BCUT2D eigenvalue weighted by molar-refractivity contribution is 6.01. The second kappa shape index (κ2) is 3.67. The van der Waals surface area contributed by atoms with E-state index in [1.54, 1.807) is 13.0 Å². The summed E-state index contributed by atoms with van der Waals surface area (Å²) in [6.07, 6.45) is 4.89. The summed E-state index contributed by atoms with van der Waals surface area (Å²) in [5.41, 5.74) is -0.987. The van der Waals surface area contributed by atoms with E-state index in [0.717, 1.165) is 6.42 Å². The molecule has 4 atom stereocenters. The van der Waals surface area contributed by atoms with Crippen LogP contribution in [0.2, 0.25) is 0 Å². The van der Waals surface area contributed by atoms with Gasteiger partial charge < -0.3 is 9.47 Å². The van der Waals surface area contributed by atoms with Crippen molar-refractivity contribution in [2.45, 2.75) is 19.8 Å². The van der Waals surface area contributed by atoms with Crippen molar-refractivity contribution in [2.75, 3.05) is 6.61 Å². The minimum Gasteiger partial charge on any atom is -0.465 e. The molecular weight excluding hydrogens is 236 g/mol. The highest BCUT2D eigenvalue weighted by Crippen LogP contribution is 2.56. The maximum atomic E-state index is 12.2. The Morgan fingerprint density at radius 1 is 1.50 bits per heavy atom. The highest BCUT2D eigenvalue weighted by atomic mass is 16.6. The van der Waals surface area contributed by atoms with Gasteiger partial charge in [-0.05, 0) is 25.7 Å². The van der Waals surface area contributed by atoms with E-state index in [-0.39, 0.29) is 12.5 Å². The third kappa shape index (κ3) is 1.24. The third-order valence-electron chi connectivity index (χ3n) is 4.29. The molecule has 0 aromatic rings. The minimum atomic E-state index is -0.987. The smallest absolute Gasteiger partial charge is 0.318 e. The van der Waals surface area contributed by atoms with Gasteiger partial charge in [-0.25, -0.2) is 0 Å². The fourth-order valence-corrected chi connectivity index (χ4v) is 3.47. The Hall–Kier alpha value is -1.65. The van der Waals surface area contributed by atoms with Crippen LogP contribution in [0, 0.1) is 23.2 Å². The van der Waals surface area contributed by atoms with Crippen LogP contribution in [0.5, 0.6) is 0 Å². The van der Waals surface area contributed by atoms with Crippen LogP contribution in [0.25, 0.3) is 0 Å². The maximum absolute atomic E-state index is 12.2. The lowest BCUT2D eigenvalue weighted by atomic mass is 9.55. The molecule has 0 aromatic heterocycles. The molecule has 0 aromatic carbocycles. The van der Waals surface area contributed by atoms with Gasteiger partial charge in [0.2, 0.25) is 0 Å². The van der Waals surface area contributed by atoms with E-state index >= 15 is 0 Å².